The third-order valence-electron chi connectivity index (χ3n) is 13.0. The van der Waals surface area contributed by atoms with E-state index in [1.807, 2.05) is 84.9 Å². The second-order valence-corrected chi connectivity index (χ2v) is 16.5. The number of aliphatic hydroxyl groups is 5. The lowest BCUT2D eigenvalue weighted by molar-refractivity contribution is -0.298. The largest absolute Gasteiger partial charge is 0.458 e. The molecule has 17 heteroatoms. The van der Waals surface area contributed by atoms with Gasteiger partial charge in [-0.05, 0) is 24.0 Å². The Balaban J connectivity index is 1.05. The Morgan fingerprint density at radius 2 is 1.58 bits per heavy atom. The minimum atomic E-state index is -1.58. The fraction of sp³-hybridized carbons (Fsp3) is 0.489. The summed E-state index contributed by atoms with van der Waals surface area (Å²) in [5.74, 6) is -2.93. The summed E-state index contributed by atoms with van der Waals surface area (Å²) >= 11 is 0. The van der Waals surface area contributed by atoms with Gasteiger partial charge in [0.15, 0.2) is 12.3 Å². The van der Waals surface area contributed by atoms with Crippen molar-refractivity contribution in [2.24, 2.45) is 5.41 Å². The number of carbonyl (C=O) groups excluding carboxylic acids is 3. The van der Waals surface area contributed by atoms with Gasteiger partial charge in [-0.3, -0.25) is 19.2 Å². The predicted molar refractivity (Wildman–Crippen MR) is 215 cm³/mol. The van der Waals surface area contributed by atoms with Crippen LogP contribution < -0.4 is 5.32 Å². The van der Waals surface area contributed by atoms with Crippen LogP contribution in [0.4, 0.5) is 0 Å². The molecular formula is C45H51N3O14. The van der Waals surface area contributed by atoms with E-state index in [1.165, 1.54) is 5.06 Å². The number of esters is 1. The van der Waals surface area contributed by atoms with Crippen molar-refractivity contribution in [1.29, 1.82) is 0 Å². The van der Waals surface area contributed by atoms with Crippen LogP contribution in [0.15, 0.2) is 91.0 Å². The van der Waals surface area contributed by atoms with Crippen LogP contribution in [0.5, 0.6) is 0 Å². The molecule has 1 saturated carbocycles. The Morgan fingerprint density at radius 3 is 2.29 bits per heavy atom. The first-order chi connectivity index (χ1) is 30.1. The number of hydroxylamine groups is 2. The van der Waals surface area contributed by atoms with Crippen molar-refractivity contribution in [2.45, 2.75) is 98.8 Å². The molecule has 62 heavy (non-hydrogen) atoms. The second-order valence-electron chi connectivity index (χ2n) is 16.5. The van der Waals surface area contributed by atoms with E-state index in [-0.39, 0.29) is 45.2 Å². The minimum absolute atomic E-state index is 0.0191. The Hall–Kier alpha value is -4.63. The van der Waals surface area contributed by atoms with E-state index in [1.54, 1.807) is 17.1 Å². The van der Waals surface area contributed by atoms with Crippen molar-refractivity contribution in [3.8, 4) is 0 Å². The molecular weight excluding hydrogens is 807 g/mol. The Bertz CT molecular complexity index is 2090. The molecule has 6 fully saturated rings. The van der Waals surface area contributed by atoms with E-state index in [2.05, 4.69) is 5.32 Å². The van der Waals surface area contributed by atoms with Crippen molar-refractivity contribution in [2.75, 3.05) is 32.9 Å². The van der Waals surface area contributed by atoms with E-state index in [0.717, 1.165) is 0 Å². The molecule has 5 heterocycles. The van der Waals surface area contributed by atoms with E-state index in [9.17, 15) is 35.1 Å². The highest BCUT2D eigenvalue weighted by molar-refractivity contribution is 5.96. The molecule has 6 N–H and O–H groups in total. The van der Waals surface area contributed by atoms with Gasteiger partial charge in [0.05, 0.1) is 26.4 Å². The topological polar surface area (TPSA) is 226 Å². The molecule has 0 aromatic heterocycles. The lowest BCUT2D eigenvalue weighted by atomic mass is 9.62. The Labute approximate surface area is 357 Å². The summed E-state index contributed by atoms with van der Waals surface area (Å²) < 4.78 is 31.5. The summed E-state index contributed by atoms with van der Waals surface area (Å²) in [7, 11) is 0. The number of carbonyl (C=O) groups is 3. The van der Waals surface area contributed by atoms with Crippen LogP contribution in [0.25, 0.3) is 6.08 Å². The van der Waals surface area contributed by atoms with E-state index in [4.69, 9.17) is 28.5 Å². The molecule has 6 aliphatic rings. The van der Waals surface area contributed by atoms with Crippen molar-refractivity contribution < 1.29 is 68.4 Å². The second kappa shape index (κ2) is 17.5. The number of hydrogen-bond donors (Lipinski definition) is 6. The van der Waals surface area contributed by atoms with Crippen molar-refractivity contribution in [3.05, 3.63) is 113 Å². The van der Waals surface area contributed by atoms with Crippen LogP contribution in [0.1, 0.15) is 41.5 Å². The summed E-state index contributed by atoms with van der Waals surface area (Å²) in [6.45, 7) is -0.604. The minimum Gasteiger partial charge on any atom is -0.458 e. The van der Waals surface area contributed by atoms with Crippen LogP contribution in [0.3, 0.4) is 0 Å². The number of fused-ring (bicyclic) bond motifs is 4. The third kappa shape index (κ3) is 7.24. The van der Waals surface area contributed by atoms with E-state index < -0.39 is 96.9 Å². The van der Waals surface area contributed by atoms with Gasteiger partial charge in [0.1, 0.15) is 60.3 Å². The average molecular weight is 858 g/mol. The Morgan fingerprint density at radius 1 is 0.887 bits per heavy atom. The van der Waals surface area contributed by atoms with Gasteiger partial charge in [-0.2, -0.15) is 5.06 Å². The number of hydrogen-bond acceptors (Lipinski definition) is 15. The first-order valence-electron chi connectivity index (χ1n) is 21.1. The highest BCUT2D eigenvalue weighted by Gasteiger charge is 2.77. The standard InChI is InChI=1S/C45H51N3O14/c49-21-19-46-40(54)30-18-9-20-47(30)43(56)44-23-31-36-37(61-45(60-36,28-14-3-1-4-15-28)29-16-5-2-6-17-29)39(44)62-48(38(44)41(55)58-31)24-27-12-8-7-11-26(27)13-10-22-57-42-35(53)34(52)33(51)32(25-50)59-42/h1-8,10-17,30-39,42,49-53H,9,18-25H2,(H,46,54). The number of likely N-dealkylation sites (tertiary alicyclic amines) is 1. The molecule has 0 radical (unpaired) electrons. The van der Waals surface area contributed by atoms with Gasteiger partial charge in [-0.25, -0.2) is 0 Å². The van der Waals surface area contributed by atoms with Gasteiger partial charge in [0.25, 0.3) is 0 Å². The number of rotatable bonds is 13. The average Bonchev–Trinajstić information content (AvgIpc) is 4.04. The van der Waals surface area contributed by atoms with Crippen LogP contribution in [-0.4, -0.2) is 153 Å². The molecule has 12 atom stereocenters. The summed E-state index contributed by atoms with van der Waals surface area (Å²) in [6, 6.07) is 24.2. The number of amides is 2. The lowest BCUT2D eigenvalue weighted by Crippen LogP contribution is -2.70. The molecule has 0 spiro atoms. The maximum atomic E-state index is 15.5. The molecule has 5 aliphatic heterocycles. The molecule has 2 amide bonds. The highest BCUT2D eigenvalue weighted by atomic mass is 16.8. The SMILES string of the molecule is O=C(NCCO)C1CCCN1C(=O)C12CC3OC(=O)C1N(Cc1ccccc1C=CCOC1OC(CO)C(O)C(O)C1O)OC2C1OC(c2ccccc2)(c2ccccc2)OC31. The van der Waals surface area contributed by atoms with Crippen LogP contribution in [-0.2, 0) is 55.2 Å². The maximum absolute atomic E-state index is 15.5. The number of benzene rings is 3. The summed E-state index contributed by atoms with van der Waals surface area (Å²) in [5, 5.41) is 53.9. The monoisotopic (exact) mass is 857 g/mol. The zero-order valence-corrected chi connectivity index (χ0v) is 33.8. The zero-order valence-electron chi connectivity index (χ0n) is 33.8. The highest BCUT2D eigenvalue weighted by Crippen LogP contribution is 2.60. The van der Waals surface area contributed by atoms with Gasteiger partial charge < -0.3 is 59.4 Å². The molecule has 5 saturated heterocycles. The molecule has 17 nitrogen and oxygen atoms in total. The van der Waals surface area contributed by atoms with Crippen molar-refractivity contribution in [3.63, 3.8) is 0 Å². The quantitative estimate of drug-likeness (QED) is 0.126. The molecule has 3 aromatic carbocycles. The molecule has 3 aromatic rings. The van der Waals surface area contributed by atoms with Gasteiger partial charge in [0, 0.05) is 30.6 Å². The number of nitrogens with zero attached hydrogens (tertiary/aromatic N) is 2. The fourth-order valence-corrected chi connectivity index (χ4v) is 10.1. The number of aliphatic hydroxyl groups excluding tert-OH is 5. The van der Waals surface area contributed by atoms with Gasteiger partial charge in [0.2, 0.25) is 17.6 Å². The summed E-state index contributed by atoms with van der Waals surface area (Å²) in [6.07, 6.45) is -6.37. The van der Waals surface area contributed by atoms with Crippen LogP contribution in [0.2, 0.25) is 0 Å². The Kier molecular flexibility index (Phi) is 12.0. The smallest absolute Gasteiger partial charge is 0.327 e. The predicted octanol–water partition coefficient (Wildman–Crippen LogP) is 0.101. The normalized spacial score (nSPS) is 34.9. The molecule has 1 aliphatic carbocycles. The van der Waals surface area contributed by atoms with Crippen molar-refractivity contribution in [1.82, 2.24) is 15.3 Å². The molecule has 2 bridgehead atoms. The van der Waals surface area contributed by atoms with Crippen molar-refractivity contribution >= 4 is 23.9 Å². The molecule has 330 valence electrons. The summed E-state index contributed by atoms with van der Waals surface area (Å²) in [5.41, 5.74) is 1.25. The van der Waals surface area contributed by atoms with Gasteiger partial charge >= 0.3 is 5.97 Å². The zero-order chi connectivity index (χ0) is 43.2. The third-order valence-corrected chi connectivity index (χ3v) is 13.0. The first kappa shape index (κ1) is 42.7. The van der Waals surface area contributed by atoms with Gasteiger partial charge in [-0.15, -0.1) is 0 Å². The first-order valence-corrected chi connectivity index (χ1v) is 21.1. The number of ether oxygens (including phenoxy) is 5. The molecule has 12 unspecified atom stereocenters. The van der Waals surface area contributed by atoms with Crippen LogP contribution >= 0.6 is 0 Å². The van der Waals surface area contributed by atoms with E-state index in [0.29, 0.717) is 35.1 Å². The van der Waals surface area contributed by atoms with E-state index >= 15 is 4.79 Å². The molecule has 9 rings (SSSR count). The fourth-order valence-electron chi connectivity index (χ4n) is 10.1. The lowest BCUT2D eigenvalue weighted by Gasteiger charge is -2.50. The van der Waals surface area contributed by atoms with Gasteiger partial charge in [-0.1, -0.05) is 97.1 Å². The number of nitrogens with one attached hydrogen (secondary N) is 1. The summed E-state index contributed by atoms with van der Waals surface area (Å²) in [4.78, 5) is 51.9. The van der Waals surface area contributed by atoms with Crippen LogP contribution in [0, 0.1) is 5.41 Å². The maximum Gasteiger partial charge on any atom is 0.327 e.